The molecule has 1 N–H and O–H groups in total. The number of benzene rings is 2. The van der Waals surface area contributed by atoms with Crippen molar-refractivity contribution in [3.05, 3.63) is 71.8 Å². The summed E-state index contributed by atoms with van der Waals surface area (Å²) in [5.41, 5.74) is 1.82. The molecule has 2 aromatic rings. The van der Waals surface area contributed by atoms with E-state index >= 15 is 0 Å². The van der Waals surface area contributed by atoms with Gasteiger partial charge in [-0.1, -0.05) is 74.5 Å². The predicted molar refractivity (Wildman–Crippen MR) is 112 cm³/mol. The smallest absolute Gasteiger partial charge is 0.303 e. The van der Waals surface area contributed by atoms with Gasteiger partial charge in [-0.2, -0.15) is 0 Å². The van der Waals surface area contributed by atoms with E-state index in [1.54, 1.807) is 6.92 Å². The minimum atomic E-state index is -3.52. The van der Waals surface area contributed by atoms with Gasteiger partial charge < -0.3 is 13.8 Å². The molecule has 0 radical (unpaired) electrons. The number of rotatable bonds is 12. The van der Waals surface area contributed by atoms with Crippen LogP contribution in [-0.4, -0.2) is 18.1 Å². The fourth-order valence-corrected chi connectivity index (χ4v) is 4.36. The van der Waals surface area contributed by atoms with E-state index in [9.17, 15) is 9.36 Å². The summed E-state index contributed by atoms with van der Waals surface area (Å²) >= 11 is 0. The minimum absolute atomic E-state index is 0.175. The summed E-state index contributed by atoms with van der Waals surface area (Å²) in [6, 6.07) is 18.7. The highest BCUT2D eigenvalue weighted by Gasteiger charge is 2.34. The number of carbonyl (C=O) groups is 1. The van der Waals surface area contributed by atoms with Crippen LogP contribution in [0, 0.1) is 5.92 Å². The quantitative estimate of drug-likeness (QED) is 0.392. The lowest BCUT2D eigenvalue weighted by atomic mass is 10.1. The third-order valence-corrected chi connectivity index (χ3v) is 6.40. The fourth-order valence-electron chi connectivity index (χ4n) is 2.81. The van der Waals surface area contributed by atoms with E-state index < -0.39 is 19.4 Å². The first kappa shape index (κ1) is 22.5. The van der Waals surface area contributed by atoms with E-state index in [2.05, 4.69) is 5.32 Å². The van der Waals surface area contributed by atoms with Crippen molar-refractivity contribution >= 4 is 13.9 Å². The third-order valence-electron chi connectivity index (χ3n) is 4.33. The molecule has 0 aromatic heterocycles. The second-order valence-electron chi connectivity index (χ2n) is 7.27. The Kier molecular flexibility index (Phi) is 9.07. The highest BCUT2D eigenvalue weighted by Crippen LogP contribution is 2.53. The maximum Gasteiger partial charge on any atom is 0.347 e. The molecule has 152 valence electrons. The standard InChI is InChI=1S/C22H30NO4P/c1-18(2)14-22(15-24)23-19(3)28(25,26-16-20-10-6-4-7-11-20)27-17-21-12-8-5-9-13-21/h4-13,15,18-19,22-23H,14,16-17H2,1-3H3/t19-,22-/m0/s1. The molecule has 0 bridgehead atoms. The van der Waals surface area contributed by atoms with Crippen molar-refractivity contribution in [1.82, 2.24) is 5.32 Å². The van der Waals surface area contributed by atoms with Gasteiger partial charge >= 0.3 is 7.60 Å². The Morgan fingerprint density at radius 1 is 0.893 bits per heavy atom. The maximum absolute atomic E-state index is 13.6. The van der Waals surface area contributed by atoms with Crippen molar-refractivity contribution in [3.63, 3.8) is 0 Å². The molecule has 0 unspecified atom stereocenters. The zero-order chi connectivity index (χ0) is 20.4. The number of carbonyl (C=O) groups excluding carboxylic acids is 1. The highest BCUT2D eigenvalue weighted by molar-refractivity contribution is 7.54. The summed E-state index contributed by atoms with van der Waals surface area (Å²) in [5, 5.41) is 3.13. The molecule has 2 atom stereocenters. The van der Waals surface area contributed by atoms with Crippen molar-refractivity contribution in [2.45, 2.75) is 52.2 Å². The van der Waals surface area contributed by atoms with E-state index in [0.717, 1.165) is 17.4 Å². The molecule has 0 fully saturated rings. The van der Waals surface area contributed by atoms with Crippen molar-refractivity contribution in [3.8, 4) is 0 Å². The van der Waals surface area contributed by atoms with Gasteiger partial charge in [0, 0.05) is 0 Å². The Morgan fingerprint density at radius 2 is 1.36 bits per heavy atom. The van der Waals surface area contributed by atoms with Crippen LogP contribution < -0.4 is 5.32 Å². The monoisotopic (exact) mass is 403 g/mol. The van der Waals surface area contributed by atoms with Gasteiger partial charge in [-0.05, 0) is 30.4 Å². The molecule has 0 spiro atoms. The minimum Gasteiger partial charge on any atom is -0.303 e. The lowest BCUT2D eigenvalue weighted by Crippen LogP contribution is -2.39. The van der Waals surface area contributed by atoms with Crippen molar-refractivity contribution in [2.75, 3.05) is 0 Å². The van der Waals surface area contributed by atoms with E-state index in [1.165, 1.54) is 0 Å². The molecule has 28 heavy (non-hydrogen) atoms. The van der Waals surface area contributed by atoms with Crippen LogP contribution in [0.15, 0.2) is 60.7 Å². The molecular weight excluding hydrogens is 373 g/mol. The van der Waals surface area contributed by atoms with Gasteiger partial charge in [0.15, 0.2) is 0 Å². The Hall–Kier alpha value is -1.78. The van der Waals surface area contributed by atoms with Gasteiger partial charge in [-0.3, -0.25) is 9.88 Å². The van der Waals surface area contributed by atoms with E-state index in [4.69, 9.17) is 9.05 Å². The summed E-state index contributed by atoms with van der Waals surface area (Å²) in [6.07, 6.45) is 1.51. The first-order chi connectivity index (χ1) is 13.4. The predicted octanol–water partition coefficient (Wildman–Crippen LogP) is 5.16. The molecule has 0 aliphatic carbocycles. The third kappa shape index (κ3) is 7.33. The lowest BCUT2D eigenvalue weighted by Gasteiger charge is -2.28. The molecule has 5 nitrogen and oxygen atoms in total. The van der Waals surface area contributed by atoms with Crippen LogP contribution in [0.2, 0.25) is 0 Å². The van der Waals surface area contributed by atoms with Gasteiger partial charge in [-0.15, -0.1) is 0 Å². The Labute approximate surface area is 168 Å². The largest absolute Gasteiger partial charge is 0.347 e. The molecule has 2 rings (SSSR count). The highest BCUT2D eigenvalue weighted by atomic mass is 31.2. The Balaban J connectivity index is 2.10. The Bertz CT molecular complexity index is 704. The number of hydrogen-bond acceptors (Lipinski definition) is 5. The molecule has 0 aliphatic heterocycles. The average molecular weight is 403 g/mol. The van der Waals surface area contributed by atoms with Gasteiger partial charge in [0.2, 0.25) is 0 Å². The zero-order valence-electron chi connectivity index (χ0n) is 16.8. The number of aldehydes is 1. The molecule has 0 aliphatic rings. The first-order valence-corrected chi connectivity index (χ1v) is 11.2. The molecule has 0 saturated carbocycles. The summed E-state index contributed by atoms with van der Waals surface area (Å²) in [4.78, 5) is 11.4. The number of nitrogens with one attached hydrogen (secondary N) is 1. The van der Waals surface area contributed by atoms with Crippen LogP contribution in [-0.2, 0) is 31.6 Å². The summed E-state index contributed by atoms with van der Waals surface area (Å²) in [5.74, 6) is -0.279. The van der Waals surface area contributed by atoms with Crippen molar-refractivity contribution in [1.29, 1.82) is 0 Å². The SMILES string of the molecule is CC(C)C[C@@H](C=O)N[C@H](C)P(=O)(OCc1ccccc1)OCc1ccccc1. The second kappa shape index (κ2) is 11.3. The lowest BCUT2D eigenvalue weighted by molar-refractivity contribution is -0.110. The van der Waals surface area contributed by atoms with Crippen LogP contribution in [0.1, 0.15) is 38.3 Å². The molecule has 2 aromatic carbocycles. The molecule has 0 amide bonds. The number of hydrogen-bond donors (Lipinski definition) is 1. The first-order valence-electron chi connectivity index (χ1n) is 9.61. The fraction of sp³-hybridized carbons (Fsp3) is 0.409. The van der Waals surface area contributed by atoms with Crippen LogP contribution in [0.5, 0.6) is 0 Å². The summed E-state index contributed by atoms with van der Waals surface area (Å²) in [7, 11) is -3.52. The van der Waals surface area contributed by atoms with E-state index in [0.29, 0.717) is 12.3 Å². The topological polar surface area (TPSA) is 64.6 Å². The average Bonchev–Trinajstić information content (AvgIpc) is 2.71. The maximum atomic E-state index is 13.6. The van der Waals surface area contributed by atoms with Crippen molar-refractivity contribution in [2.24, 2.45) is 5.92 Å². The van der Waals surface area contributed by atoms with E-state index in [1.807, 2.05) is 74.5 Å². The van der Waals surface area contributed by atoms with Crippen LogP contribution >= 0.6 is 7.60 Å². The Morgan fingerprint density at radius 3 is 1.75 bits per heavy atom. The van der Waals surface area contributed by atoms with Gasteiger partial charge in [0.05, 0.1) is 19.3 Å². The van der Waals surface area contributed by atoms with Crippen LogP contribution in [0.25, 0.3) is 0 Å². The van der Waals surface area contributed by atoms with Gasteiger partial charge in [0.25, 0.3) is 0 Å². The summed E-state index contributed by atoms with van der Waals surface area (Å²) < 4.78 is 25.2. The second-order valence-corrected chi connectivity index (χ2v) is 9.64. The van der Waals surface area contributed by atoms with E-state index in [-0.39, 0.29) is 13.2 Å². The summed E-state index contributed by atoms with van der Waals surface area (Å²) in [6.45, 7) is 6.18. The van der Waals surface area contributed by atoms with Gasteiger partial charge in [0.1, 0.15) is 12.1 Å². The zero-order valence-corrected chi connectivity index (χ0v) is 17.7. The normalized spacial score (nSPS) is 14.0. The van der Waals surface area contributed by atoms with Crippen LogP contribution in [0.3, 0.4) is 0 Å². The molecular formula is C22H30NO4P. The molecule has 0 saturated heterocycles. The van der Waals surface area contributed by atoms with Crippen molar-refractivity contribution < 1.29 is 18.4 Å². The van der Waals surface area contributed by atoms with Gasteiger partial charge in [-0.25, -0.2) is 0 Å². The van der Waals surface area contributed by atoms with Crippen LogP contribution in [0.4, 0.5) is 0 Å². The molecule has 6 heteroatoms. The molecule has 0 heterocycles.